The van der Waals surface area contributed by atoms with Gasteiger partial charge in [-0.05, 0) is 44.4 Å². The van der Waals surface area contributed by atoms with Crippen molar-refractivity contribution in [2.24, 2.45) is 11.3 Å². The molecule has 1 fully saturated rings. The van der Waals surface area contributed by atoms with Crippen molar-refractivity contribution >= 4 is 11.6 Å². The lowest BCUT2D eigenvalue weighted by atomic mass is 9.81. The minimum Gasteiger partial charge on any atom is -0.496 e. The van der Waals surface area contributed by atoms with Gasteiger partial charge in [0.15, 0.2) is 0 Å². The van der Waals surface area contributed by atoms with E-state index in [0.717, 1.165) is 34.9 Å². The van der Waals surface area contributed by atoms with E-state index in [9.17, 15) is 0 Å². The number of methoxy groups -OCH3 is 1. The van der Waals surface area contributed by atoms with E-state index in [-0.39, 0.29) is 5.41 Å². The fourth-order valence-electron chi connectivity index (χ4n) is 2.71. The fourth-order valence-corrected chi connectivity index (χ4v) is 3.03. The summed E-state index contributed by atoms with van der Waals surface area (Å²) in [7, 11) is 1.72. The predicted octanol–water partition coefficient (Wildman–Crippen LogP) is 3.90. The van der Waals surface area contributed by atoms with Gasteiger partial charge < -0.3 is 4.74 Å². The summed E-state index contributed by atoms with van der Waals surface area (Å²) in [5.74, 6) is 2.44. The highest BCUT2D eigenvalue weighted by atomic mass is 35.5. The predicted molar refractivity (Wildman–Crippen MR) is 75.5 cm³/mol. The van der Waals surface area contributed by atoms with Crippen LogP contribution in [-0.2, 0) is 6.42 Å². The molecule has 1 atom stereocenters. The lowest BCUT2D eigenvalue weighted by molar-refractivity contribution is 0.308. The SMILES string of the molecule is COc1c(C)cnc(CC(C)(CCl)C2CC2)c1C. The molecule has 3 heteroatoms. The molecule has 1 aliphatic carbocycles. The number of halogens is 1. The van der Waals surface area contributed by atoms with Crippen LogP contribution in [0.1, 0.15) is 36.6 Å². The Kier molecular flexibility index (Phi) is 3.86. The average Bonchev–Trinajstić information content (AvgIpc) is 3.18. The Morgan fingerprint density at radius 3 is 2.61 bits per heavy atom. The van der Waals surface area contributed by atoms with Crippen molar-refractivity contribution < 1.29 is 4.74 Å². The number of ether oxygens (including phenoxy) is 1. The van der Waals surface area contributed by atoms with Gasteiger partial charge in [0.25, 0.3) is 0 Å². The maximum atomic E-state index is 6.19. The third-order valence-electron chi connectivity index (χ3n) is 4.19. The molecule has 0 bridgehead atoms. The van der Waals surface area contributed by atoms with Crippen molar-refractivity contribution in [3.8, 4) is 5.75 Å². The summed E-state index contributed by atoms with van der Waals surface area (Å²) in [5, 5.41) is 0. The van der Waals surface area contributed by atoms with E-state index in [1.165, 1.54) is 12.8 Å². The topological polar surface area (TPSA) is 22.1 Å². The van der Waals surface area contributed by atoms with E-state index in [0.29, 0.717) is 5.88 Å². The van der Waals surface area contributed by atoms with Crippen LogP contribution >= 0.6 is 11.6 Å². The number of alkyl halides is 1. The summed E-state index contributed by atoms with van der Waals surface area (Å²) in [6.45, 7) is 6.41. The van der Waals surface area contributed by atoms with Crippen molar-refractivity contribution in [3.05, 3.63) is 23.0 Å². The fraction of sp³-hybridized carbons (Fsp3) is 0.667. The molecule has 0 aliphatic heterocycles. The zero-order valence-corrected chi connectivity index (χ0v) is 12.5. The molecule has 1 aromatic heterocycles. The van der Waals surface area contributed by atoms with E-state index in [2.05, 4.69) is 18.8 Å². The van der Waals surface area contributed by atoms with Gasteiger partial charge in [0.1, 0.15) is 5.75 Å². The van der Waals surface area contributed by atoms with Crippen LogP contribution in [0.2, 0.25) is 0 Å². The van der Waals surface area contributed by atoms with Gasteiger partial charge in [-0.25, -0.2) is 0 Å². The zero-order chi connectivity index (χ0) is 13.3. The molecule has 0 N–H and O–H groups in total. The lowest BCUT2D eigenvalue weighted by Gasteiger charge is -2.27. The largest absolute Gasteiger partial charge is 0.496 e. The minimum absolute atomic E-state index is 0.180. The zero-order valence-electron chi connectivity index (χ0n) is 11.7. The number of rotatable bonds is 5. The molecule has 2 nitrogen and oxygen atoms in total. The molecular formula is C15H22ClNO. The van der Waals surface area contributed by atoms with Crippen LogP contribution in [0.15, 0.2) is 6.20 Å². The summed E-state index contributed by atoms with van der Waals surface area (Å²) in [5.41, 5.74) is 3.57. The monoisotopic (exact) mass is 267 g/mol. The molecule has 0 radical (unpaired) electrons. The van der Waals surface area contributed by atoms with Crippen LogP contribution in [0, 0.1) is 25.2 Å². The molecular weight excluding hydrogens is 246 g/mol. The number of aromatic nitrogens is 1. The van der Waals surface area contributed by atoms with Crippen LogP contribution in [0.3, 0.4) is 0 Å². The Labute approximate surface area is 115 Å². The second kappa shape index (κ2) is 5.08. The van der Waals surface area contributed by atoms with Gasteiger partial charge in [0.2, 0.25) is 0 Å². The summed E-state index contributed by atoms with van der Waals surface area (Å²) in [4.78, 5) is 4.59. The molecule has 18 heavy (non-hydrogen) atoms. The average molecular weight is 268 g/mol. The molecule has 2 rings (SSSR count). The first-order valence-electron chi connectivity index (χ1n) is 6.57. The Morgan fingerprint density at radius 2 is 2.11 bits per heavy atom. The van der Waals surface area contributed by atoms with E-state index in [1.54, 1.807) is 7.11 Å². The second-order valence-electron chi connectivity index (χ2n) is 5.78. The summed E-state index contributed by atoms with van der Waals surface area (Å²) in [6.07, 6.45) is 5.48. The number of aryl methyl sites for hydroxylation is 1. The summed E-state index contributed by atoms with van der Waals surface area (Å²) in [6, 6.07) is 0. The first kappa shape index (κ1) is 13.7. The second-order valence-corrected chi connectivity index (χ2v) is 6.05. The van der Waals surface area contributed by atoms with Gasteiger partial charge in [-0.15, -0.1) is 11.6 Å². The normalized spacial score (nSPS) is 18.5. The first-order chi connectivity index (χ1) is 8.51. The third kappa shape index (κ3) is 2.49. The van der Waals surface area contributed by atoms with Crippen molar-refractivity contribution in [2.45, 2.75) is 40.0 Å². The van der Waals surface area contributed by atoms with E-state index in [4.69, 9.17) is 16.3 Å². The van der Waals surface area contributed by atoms with Crippen LogP contribution in [0.4, 0.5) is 0 Å². The van der Waals surface area contributed by atoms with Crippen molar-refractivity contribution in [1.82, 2.24) is 4.98 Å². The van der Waals surface area contributed by atoms with Crippen molar-refractivity contribution in [2.75, 3.05) is 13.0 Å². The first-order valence-corrected chi connectivity index (χ1v) is 7.10. The van der Waals surface area contributed by atoms with Gasteiger partial charge in [0, 0.05) is 28.9 Å². The summed E-state index contributed by atoms with van der Waals surface area (Å²) < 4.78 is 5.47. The smallest absolute Gasteiger partial charge is 0.128 e. The van der Waals surface area contributed by atoms with Crippen molar-refractivity contribution in [1.29, 1.82) is 0 Å². The van der Waals surface area contributed by atoms with Gasteiger partial charge in [-0.1, -0.05) is 6.92 Å². The Bertz CT molecular complexity index is 442. The van der Waals surface area contributed by atoms with Crippen LogP contribution in [-0.4, -0.2) is 18.0 Å². The molecule has 100 valence electrons. The Morgan fingerprint density at radius 1 is 1.44 bits per heavy atom. The van der Waals surface area contributed by atoms with Crippen LogP contribution in [0.25, 0.3) is 0 Å². The summed E-state index contributed by atoms with van der Waals surface area (Å²) >= 11 is 6.19. The minimum atomic E-state index is 0.180. The molecule has 0 amide bonds. The van der Waals surface area contributed by atoms with Crippen LogP contribution in [0.5, 0.6) is 5.75 Å². The Balaban J connectivity index is 2.28. The lowest BCUT2D eigenvalue weighted by Crippen LogP contribution is -2.25. The number of nitrogens with zero attached hydrogens (tertiary/aromatic N) is 1. The molecule has 0 aromatic carbocycles. The molecule has 1 saturated carbocycles. The molecule has 1 unspecified atom stereocenters. The highest BCUT2D eigenvalue weighted by Gasteiger charge is 2.41. The number of pyridine rings is 1. The quantitative estimate of drug-likeness (QED) is 0.755. The highest BCUT2D eigenvalue weighted by Crippen LogP contribution is 2.48. The third-order valence-corrected chi connectivity index (χ3v) is 4.80. The number of hydrogen-bond donors (Lipinski definition) is 0. The van der Waals surface area contributed by atoms with E-state index < -0.39 is 0 Å². The highest BCUT2D eigenvalue weighted by molar-refractivity contribution is 6.18. The van der Waals surface area contributed by atoms with Crippen molar-refractivity contribution in [3.63, 3.8) is 0 Å². The van der Waals surface area contributed by atoms with E-state index >= 15 is 0 Å². The van der Waals surface area contributed by atoms with Gasteiger partial charge in [-0.2, -0.15) is 0 Å². The molecule has 0 saturated heterocycles. The van der Waals surface area contributed by atoms with Gasteiger partial charge >= 0.3 is 0 Å². The molecule has 1 aromatic rings. The maximum Gasteiger partial charge on any atom is 0.128 e. The van der Waals surface area contributed by atoms with E-state index in [1.807, 2.05) is 13.1 Å². The molecule has 1 aliphatic rings. The molecule has 0 spiro atoms. The van der Waals surface area contributed by atoms with Gasteiger partial charge in [-0.3, -0.25) is 4.98 Å². The Hall–Kier alpha value is -0.760. The number of hydrogen-bond acceptors (Lipinski definition) is 2. The maximum absolute atomic E-state index is 6.19. The standard InChI is InChI=1S/C15H22ClNO/c1-10-8-17-13(11(2)14(10)18-4)7-15(3,9-16)12-5-6-12/h8,12H,5-7,9H2,1-4H3. The van der Waals surface area contributed by atoms with Gasteiger partial charge in [0.05, 0.1) is 7.11 Å². The van der Waals surface area contributed by atoms with Crippen LogP contribution < -0.4 is 4.74 Å². The molecule has 1 heterocycles.